The molecule has 0 amide bonds. The third kappa shape index (κ3) is 3.08. The highest BCUT2D eigenvalue weighted by Gasteiger charge is 2.24. The number of aliphatic hydroxyl groups excluding tert-OH is 1. The first-order chi connectivity index (χ1) is 9.08. The van der Waals surface area contributed by atoms with Crippen molar-refractivity contribution in [2.45, 2.75) is 17.7 Å². The summed E-state index contributed by atoms with van der Waals surface area (Å²) in [6, 6.07) is 7.04. The van der Waals surface area contributed by atoms with E-state index in [2.05, 4.69) is 9.62 Å². The Morgan fingerprint density at radius 1 is 1.32 bits per heavy atom. The molecule has 6 heteroatoms. The molecule has 19 heavy (non-hydrogen) atoms. The Hall–Kier alpha value is -1.11. The van der Waals surface area contributed by atoms with Crippen LogP contribution in [0.5, 0.6) is 0 Å². The Morgan fingerprint density at radius 3 is 2.53 bits per heavy atom. The van der Waals surface area contributed by atoms with Gasteiger partial charge in [-0.2, -0.15) is 0 Å². The maximum Gasteiger partial charge on any atom is 0.242 e. The lowest BCUT2D eigenvalue weighted by molar-refractivity contribution is 0.203. The molecule has 1 aromatic carbocycles. The molecule has 0 aromatic heterocycles. The summed E-state index contributed by atoms with van der Waals surface area (Å²) in [4.78, 5) is 2.40. The third-order valence-electron chi connectivity index (χ3n) is 3.64. The highest BCUT2D eigenvalue weighted by molar-refractivity contribution is 7.89. The van der Waals surface area contributed by atoms with Crippen molar-refractivity contribution in [1.82, 2.24) is 4.72 Å². The summed E-state index contributed by atoms with van der Waals surface area (Å²) in [6.45, 7) is 1.77. The Labute approximate surface area is 114 Å². The van der Waals surface area contributed by atoms with Gasteiger partial charge in [-0.05, 0) is 37.9 Å². The molecule has 1 aliphatic heterocycles. The molecule has 0 spiro atoms. The predicted octanol–water partition coefficient (Wildman–Crippen LogP) is 0.803. The fourth-order valence-electron chi connectivity index (χ4n) is 2.41. The third-order valence-corrected chi connectivity index (χ3v) is 5.10. The number of rotatable bonds is 4. The number of aliphatic hydroxyl groups is 1. The second-order valence-corrected chi connectivity index (χ2v) is 6.64. The van der Waals surface area contributed by atoms with Gasteiger partial charge in [-0.15, -0.1) is 0 Å². The second kappa shape index (κ2) is 5.90. The Kier molecular flexibility index (Phi) is 4.44. The van der Waals surface area contributed by atoms with Crippen molar-refractivity contribution in [2.24, 2.45) is 5.92 Å². The van der Waals surface area contributed by atoms with Crippen LogP contribution < -0.4 is 9.62 Å². The molecular formula is C13H20N2O3S. The van der Waals surface area contributed by atoms with Crippen LogP contribution in [0.4, 0.5) is 5.69 Å². The molecule has 5 nitrogen and oxygen atoms in total. The van der Waals surface area contributed by atoms with Crippen LogP contribution in [0.15, 0.2) is 29.2 Å². The minimum Gasteiger partial charge on any atom is -0.396 e. The van der Waals surface area contributed by atoms with Crippen molar-refractivity contribution in [3.05, 3.63) is 24.3 Å². The van der Waals surface area contributed by atoms with Crippen LogP contribution in [0.25, 0.3) is 0 Å². The minimum absolute atomic E-state index is 0.213. The van der Waals surface area contributed by atoms with Crippen molar-refractivity contribution in [3.63, 3.8) is 0 Å². The van der Waals surface area contributed by atoms with E-state index in [0.29, 0.717) is 10.8 Å². The summed E-state index contributed by atoms with van der Waals surface area (Å²) >= 11 is 0. The molecule has 1 saturated heterocycles. The summed E-state index contributed by atoms with van der Waals surface area (Å²) in [5.74, 6) is 0.337. The lowest BCUT2D eigenvalue weighted by Crippen LogP contribution is -2.36. The SMILES string of the molecule is CNS(=O)(=O)c1ccccc1N1CCC(CO)CC1. The van der Waals surface area contributed by atoms with E-state index < -0.39 is 10.0 Å². The first kappa shape index (κ1) is 14.3. The van der Waals surface area contributed by atoms with E-state index in [1.807, 2.05) is 12.1 Å². The topological polar surface area (TPSA) is 69.6 Å². The Balaban J connectivity index is 2.27. The van der Waals surface area contributed by atoms with Gasteiger partial charge in [-0.3, -0.25) is 0 Å². The van der Waals surface area contributed by atoms with Gasteiger partial charge >= 0.3 is 0 Å². The summed E-state index contributed by atoms with van der Waals surface area (Å²) in [5, 5.41) is 9.15. The lowest BCUT2D eigenvalue weighted by Gasteiger charge is -2.33. The molecular weight excluding hydrogens is 264 g/mol. The van der Waals surface area contributed by atoms with Crippen molar-refractivity contribution in [1.29, 1.82) is 0 Å². The molecule has 1 aliphatic rings. The van der Waals surface area contributed by atoms with Gasteiger partial charge in [0.05, 0.1) is 5.69 Å². The van der Waals surface area contributed by atoms with Crippen LogP contribution in [0.3, 0.4) is 0 Å². The molecule has 106 valence electrons. The molecule has 1 fully saturated rings. The van der Waals surface area contributed by atoms with E-state index in [4.69, 9.17) is 5.11 Å². The quantitative estimate of drug-likeness (QED) is 0.858. The van der Waals surface area contributed by atoms with Crippen LogP contribution in [-0.2, 0) is 10.0 Å². The predicted molar refractivity (Wildman–Crippen MR) is 74.7 cm³/mol. The molecule has 0 aliphatic carbocycles. The van der Waals surface area contributed by atoms with Crippen LogP contribution in [0, 0.1) is 5.92 Å². The van der Waals surface area contributed by atoms with Gasteiger partial charge in [0.25, 0.3) is 0 Å². The smallest absolute Gasteiger partial charge is 0.242 e. The number of benzene rings is 1. The van der Waals surface area contributed by atoms with Gasteiger partial charge in [0.1, 0.15) is 4.90 Å². The van der Waals surface area contributed by atoms with E-state index >= 15 is 0 Å². The summed E-state index contributed by atoms with van der Waals surface area (Å²) in [7, 11) is -2.02. The van der Waals surface area contributed by atoms with Crippen molar-refractivity contribution in [2.75, 3.05) is 31.6 Å². The number of anilines is 1. The number of piperidine rings is 1. The van der Waals surface area contributed by atoms with Gasteiger partial charge in [0, 0.05) is 19.7 Å². The lowest BCUT2D eigenvalue weighted by atomic mass is 9.97. The normalized spacial score (nSPS) is 17.7. The molecule has 0 bridgehead atoms. The Bertz CT molecular complexity index is 522. The van der Waals surface area contributed by atoms with Gasteiger partial charge in [0.15, 0.2) is 0 Å². The number of nitrogens with zero attached hydrogens (tertiary/aromatic N) is 1. The first-order valence-corrected chi connectivity index (χ1v) is 7.95. The number of hydrogen-bond donors (Lipinski definition) is 2. The van der Waals surface area contributed by atoms with Crippen molar-refractivity contribution >= 4 is 15.7 Å². The van der Waals surface area contributed by atoms with Gasteiger partial charge < -0.3 is 10.0 Å². The largest absolute Gasteiger partial charge is 0.396 e. The zero-order valence-corrected chi connectivity index (χ0v) is 11.9. The minimum atomic E-state index is -3.44. The average molecular weight is 284 g/mol. The first-order valence-electron chi connectivity index (χ1n) is 6.47. The molecule has 0 unspecified atom stereocenters. The Morgan fingerprint density at radius 2 is 1.95 bits per heavy atom. The maximum atomic E-state index is 12.0. The average Bonchev–Trinajstić information content (AvgIpc) is 2.47. The monoisotopic (exact) mass is 284 g/mol. The van der Waals surface area contributed by atoms with E-state index in [9.17, 15) is 8.42 Å². The van der Waals surface area contributed by atoms with Crippen LogP contribution in [0.1, 0.15) is 12.8 Å². The van der Waals surface area contributed by atoms with E-state index in [0.717, 1.165) is 31.6 Å². The molecule has 1 aromatic rings. The zero-order valence-electron chi connectivity index (χ0n) is 11.0. The summed E-state index contributed by atoms with van der Waals surface area (Å²) < 4.78 is 26.4. The van der Waals surface area contributed by atoms with Crippen LogP contribution in [-0.4, -0.2) is 40.3 Å². The molecule has 2 N–H and O–H groups in total. The van der Waals surface area contributed by atoms with E-state index in [1.54, 1.807) is 12.1 Å². The summed E-state index contributed by atoms with van der Waals surface area (Å²) in [6.07, 6.45) is 1.79. The molecule has 0 atom stereocenters. The molecule has 0 saturated carbocycles. The van der Waals surface area contributed by atoms with Gasteiger partial charge in [-0.1, -0.05) is 12.1 Å². The summed E-state index contributed by atoms with van der Waals surface area (Å²) in [5.41, 5.74) is 0.744. The van der Waals surface area contributed by atoms with Crippen LogP contribution in [0.2, 0.25) is 0 Å². The highest BCUT2D eigenvalue weighted by Crippen LogP contribution is 2.28. The van der Waals surface area contributed by atoms with E-state index in [1.165, 1.54) is 7.05 Å². The standard InChI is InChI=1S/C13H20N2O3S/c1-14-19(17,18)13-5-3-2-4-12(13)15-8-6-11(10-16)7-9-15/h2-5,11,14,16H,6-10H2,1H3. The number of sulfonamides is 1. The van der Waals surface area contributed by atoms with Crippen LogP contribution >= 0.6 is 0 Å². The van der Waals surface area contributed by atoms with Crippen molar-refractivity contribution in [3.8, 4) is 0 Å². The van der Waals surface area contributed by atoms with Crippen molar-refractivity contribution < 1.29 is 13.5 Å². The van der Waals surface area contributed by atoms with E-state index in [-0.39, 0.29) is 6.61 Å². The molecule has 2 rings (SSSR count). The zero-order chi connectivity index (χ0) is 13.9. The number of nitrogens with one attached hydrogen (secondary N) is 1. The maximum absolute atomic E-state index is 12.0. The van der Waals surface area contributed by atoms with Gasteiger partial charge in [0.2, 0.25) is 10.0 Å². The number of para-hydroxylation sites is 1. The molecule has 1 heterocycles. The fraction of sp³-hybridized carbons (Fsp3) is 0.538. The number of hydrogen-bond acceptors (Lipinski definition) is 4. The highest BCUT2D eigenvalue weighted by atomic mass is 32.2. The second-order valence-electron chi connectivity index (χ2n) is 4.79. The van der Waals surface area contributed by atoms with Gasteiger partial charge in [-0.25, -0.2) is 13.1 Å². The fourth-order valence-corrected chi connectivity index (χ4v) is 3.36. The molecule has 0 radical (unpaired) electrons.